The van der Waals surface area contributed by atoms with Crippen LogP contribution in [-0.4, -0.2) is 44.2 Å². The molecule has 3 amide bonds. The van der Waals surface area contributed by atoms with E-state index in [9.17, 15) is 9.59 Å². The SMILES string of the molecule is CCCCn1nc(C)cc1NC(=O)N(Cc1cccnc1)C[C@@H]1CCC(=O)N1. The van der Waals surface area contributed by atoms with Gasteiger partial charge in [0, 0.05) is 50.6 Å². The number of aromatic nitrogens is 3. The molecule has 150 valence electrons. The van der Waals surface area contributed by atoms with Crippen LogP contribution in [0.15, 0.2) is 30.6 Å². The molecule has 8 heteroatoms. The van der Waals surface area contributed by atoms with Crippen molar-refractivity contribution in [1.82, 2.24) is 25.0 Å². The normalized spacial score (nSPS) is 16.1. The largest absolute Gasteiger partial charge is 0.352 e. The summed E-state index contributed by atoms with van der Waals surface area (Å²) in [5.41, 5.74) is 1.81. The zero-order valence-electron chi connectivity index (χ0n) is 16.5. The average Bonchev–Trinajstić information content (AvgIpc) is 3.25. The third kappa shape index (κ3) is 5.31. The number of carbonyl (C=O) groups is 2. The summed E-state index contributed by atoms with van der Waals surface area (Å²) in [6.45, 7) is 5.68. The molecule has 2 N–H and O–H groups in total. The number of nitrogens with one attached hydrogen (secondary N) is 2. The fraction of sp³-hybridized carbons (Fsp3) is 0.500. The zero-order valence-corrected chi connectivity index (χ0v) is 16.5. The van der Waals surface area contributed by atoms with Gasteiger partial charge in [-0.05, 0) is 31.4 Å². The van der Waals surface area contributed by atoms with Crippen LogP contribution in [-0.2, 0) is 17.9 Å². The molecule has 0 radical (unpaired) electrons. The standard InChI is InChI=1S/C20H28N6O2/c1-3-4-10-26-18(11-15(2)24-26)23-20(28)25(13-16-6-5-9-21-12-16)14-17-7-8-19(27)22-17/h5-6,9,11-12,17H,3-4,7-8,10,13-14H2,1-2H3,(H,22,27)(H,23,28)/t17-/m0/s1. The Bertz CT molecular complexity index is 804. The minimum atomic E-state index is -0.206. The summed E-state index contributed by atoms with van der Waals surface area (Å²) in [6.07, 6.45) is 6.76. The molecule has 2 aromatic rings. The van der Waals surface area contributed by atoms with Gasteiger partial charge >= 0.3 is 6.03 Å². The Morgan fingerprint density at radius 2 is 2.32 bits per heavy atom. The highest BCUT2D eigenvalue weighted by Gasteiger charge is 2.26. The van der Waals surface area contributed by atoms with E-state index < -0.39 is 0 Å². The second-order valence-corrected chi connectivity index (χ2v) is 7.22. The second kappa shape index (κ2) is 9.34. The van der Waals surface area contributed by atoms with Crippen LogP contribution < -0.4 is 10.6 Å². The molecule has 0 aromatic carbocycles. The molecule has 0 bridgehead atoms. The molecule has 3 rings (SSSR count). The Kier molecular flexibility index (Phi) is 6.62. The van der Waals surface area contributed by atoms with E-state index in [1.165, 1.54) is 0 Å². The van der Waals surface area contributed by atoms with Crippen LogP contribution >= 0.6 is 0 Å². The van der Waals surface area contributed by atoms with Gasteiger partial charge in [-0.1, -0.05) is 19.4 Å². The number of rotatable bonds is 8. The first-order valence-electron chi connectivity index (χ1n) is 9.83. The summed E-state index contributed by atoms with van der Waals surface area (Å²) in [5.74, 6) is 0.739. The van der Waals surface area contributed by atoms with E-state index in [2.05, 4.69) is 27.6 Å². The number of hydrogen-bond donors (Lipinski definition) is 2. The number of unbranched alkanes of at least 4 members (excludes halogenated alkanes) is 1. The fourth-order valence-corrected chi connectivity index (χ4v) is 3.32. The van der Waals surface area contributed by atoms with Crippen LogP contribution in [0.5, 0.6) is 0 Å². The van der Waals surface area contributed by atoms with Crippen molar-refractivity contribution in [3.05, 3.63) is 41.9 Å². The molecular weight excluding hydrogens is 356 g/mol. The number of carbonyl (C=O) groups excluding carboxylic acids is 2. The van der Waals surface area contributed by atoms with E-state index in [-0.39, 0.29) is 18.0 Å². The van der Waals surface area contributed by atoms with Crippen molar-refractivity contribution in [2.24, 2.45) is 0 Å². The minimum Gasteiger partial charge on any atom is -0.352 e. The number of anilines is 1. The third-order valence-corrected chi connectivity index (χ3v) is 4.77. The summed E-state index contributed by atoms with van der Waals surface area (Å²) in [5, 5.41) is 10.4. The number of nitrogens with zero attached hydrogens (tertiary/aromatic N) is 4. The highest BCUT2D eigenvalue weighted by atomic mass is 16.2. The van der Waals surface area contributed by atoms with Gasteiger partial charge in [0.2, 0.25) is 5.91 Å². The van der Waals surface area contributed by atoms with Crippen LogP contribution in [0.4, 0.5) is 10.6 Å². The van der Waals surface area contributed by atoms with Gasteiger partial charge < -0.3 is 10.2 Å². The lowest BCUT2D eigenvalue weighted by Crippen LogP contribution is -2.43. The average molecular weight is 384 g/mol. The molecule has 1 aliphatic heterocycles. The molecule has 8 nitrogen and oxygen atoms in total. The maximum absolute atomic E-state index is 13.1. The Labute approximate surface area is 165 Å². The third-order valence-electron chi connectivity index (χ3n) is 4.77. The molecule has 3 heterocycles. The molecular formula is C20H28N6O2. The summed E-state index contributed by atoms with van der Waals surface area (Å²) < 4.78 is 1.84. The highest BCUT2D eigenvalue weighted by molar-refractivity contribution is 5.88. The summed E-state index contributed by atoms with van der Waals surface area (Å²) in [4.78, 5) is 30.5. The van der Waals surface area contributed by atoms with E-state index in [0.717, 1.165) is 37.1 Å². The second-order valence-electron chi connectivity index (χ2n) is 7.22. The van der Waals surface area contributed by atoms with Crippen LogP contribution in [0.2, 0.25) is 0 Å². The van der Waals surface area contributed by atoms with Crippen molar-refractivity contribution in [2.45, 2.75) is 58.7 Å². The summed E-state index contributed by atoms with van der Waals surface area (Å²) >= 11 is 0. The molecule has 2 aromatic heterocycles. The maximum Gasteiger partial charge on any atom is 0.323 e. The quantitative estimate of drug-likeness (QED) is 0.732. The monoisotopic (exact) mass is 384 g/mol. The first kappa shape index (κ1) is 19.9. The smallest absolute Gasteiger partial charge is 0.323 e. The van der Waals surface area contributed by atoms with Crippen molar-refractivity contribution in [3.63, 3.8) is 0 Å². The number of pyridine rings is 1. The van der Waals surface area contributed by atoms with E-state index in [1.54, 1.807) is 17.3 Å². The van der Waals surface area contributed by atoms with E-state index in [0.29, 0.717) is 25.3 Å². The maximum atomic E-state index is 13.1. The molecule has 0 aliphatic carbocycles. The van der Waals surface area contributed by atoms with Gasteiger partial charge in [0.15, 0.2) is 0 Å². The molecule has 1 atom stereocenters. The van der Waals surface area contributed by atoms with Crippen molar-refractivity contribution >= 4 is 17.8 Å². The summed E-state index contributed by atoms with van der Waals surface area (Å²) in [7, 11) is 0. The Balaban J connectivity index is 1.73. The molecule has 1 saturated heterocycles. The lowest BCUT2D eigenvalue weighted by molar-refractivity contribution is -0.119. The van der Waals surface area contributed by atoms with Gasteiger partial charge in [0.05, 0.1) is 5.69 Å². The summed E-state index contributed by atoms with van der Waals surface area (Å²) in [6, 6.07) is 5.44. The zero-order chi connectivity index (χ0) is 19.9. The predicted molar refractivity (Wildman–Crippen MR) is 107 cm³/mol. The molecule has 1 fully saturated rings. The van der Waals surface area contributed by atoms with Gasteiger partial charge in [-0.15, -0.1) is 0 Å². The van der Waals surface area contributed by atoms with Crippen LogP contribution in [0.1, 0.15) is 43.9 Å². The van der Waals surface area contributed by atoms with Crippen LogP contribution in [0.3, 0.4) is 0 Å². The lowest BCUT2D eigenvalue weighted by atomic mass is 10.2. The van der Waals surface area contributed by atoms with E-state index in [1.807, 2.05) is 29.8 Å². The number of amides is 3. The van der Waals surface area contributed by atoms with Crippen LogP contribution in [0.25, 0.3) is 0 Å². The van der Waals surface area contributed by atoms with Gasteiger partial charge in [-0.3, -0.25) is 15.1 Å². The van der Waals surface area contributed by atoms with Crippen molar-refractivity contribution in [2.75, 3.05) is 11.9 Å². The molecule has 1 aliphatic rings. The number of hydrogen-bond acceptors (Lipinski definition) is 4. The minimum absolute atomic E-state index is 0.0262. The van der Waals surface area contributed by atoms with Crippen LogP contribution in [0, 0.1) is 6.92 Å². The van der Waals surface area contributed by atoms with Gasteiger partial charge in [-0.25, -0.2) is 9.48 Å². The topological polar surface area (TPSA) is 92.2 Å². The molecule has 0 spiro atoms. The first-order valence-corrected chi connectivity index (χ1v) is 9.83. The van der Waals surface area contributed by atoms with Crippen molar-refractivity contribution in [3.8, 4) is 0 Å². The van der Waals surface area contributed by atoms with Gasteiger partial charge in [0.25, 0.3) is 0 Å². The molecule has 0 unspecified atom stereocenters. The predicted octanol–water partition coefficient (Wildman–Crippen LogP) is 2.70. The number of aryl methyl sites for hydroxylation is 2. The van der Waals surface area contributed by atoms with Crippen molar-refractivity contribution in [1.29, 1.82) is 0 Å². The Hall–Kier alpha value is -2.90. The molecule has 28 heavy (non-hydrogen) atoms. The fourth-order valence-electron chi connectivity index (χ4n) is 3.32. The number of urea groups is 1. The molecule has 0 saturated carbocycles. The van der Waals surface area contributed by atoms with E-state index >= 15 is 0 Å². The van der Waals surface area contributed by atoms with Gasteiger partial charge in [-0.2, -0.15) is 5.10 Å². The highest BCUT2D eigenvalue weighted by Crippen LogP contribution is 2.15. The first-order chi connectivity index (χ1) is 13.5. The lowest BCUT2D eigenvalue weighted by Gasteiger charge is -2.26. The Morgan fingerprint density at radius 1 is 1.46 bits per heavy atom. The van der Waals surface area contributed by atoms with Gasteiger partial charge in [0.1, 0.15) is 5.82 Å². The van der Waals surface area contributed by atoms with E-state index in [4.69, 9.17) is 0 Å². The Morgan fingerprint density at radius 3 is 3.00 bits per heavy atom. The van der Waals surface area contributed by atoms with Crippen molar-refractivity contribution < 1.29 is 9.59 Å².